The van der Waals surface area contributed by atoms with Gasteiger partial charge in [-0.2, -0.15) is 0 Å². The SMILES string of the molecule is Cc1cc(=O)n(C)cc1NC(=O)c1cc(C)n(-c2cccc(Cl)c2)c1C. The van der Waals surface area contributed by atoms with Crippen molar-refractivity contribution >= 4 is 23.2 Å². The van der Waals surface area contributed by atoms with Crippen molar-refractivity contribution in [2.45, 2.75) is 20.8 Å². The second-order valence-corrected chi connectivity index (χ2v) is 6.81. The van der Waals surface area contributed by atoms with Gasteiger partial charge in [-0.25, -0.2) is 0 Å². The molecular formula is C20H20ClN3O2. The number of benzene rings is 1. The minimum absolute atomic E-state index is 0.111. The summed E-state index contributed by atoms with van der Waals surface area (Å²) in [5, 5.41) is 3.54. The molecule has 0 atom stereocenters. The lowest BCUT2D eigenvalue weighted by Gasteiger charge is -2.12. The van der Waals surface area contributed by atoms with Crippen LogP contribution in [-0.4, -0.2) is 15.0 Å². The zero-order valence-corrected chi connectivity index (χ0v) is 15.9. The van der Waals surface area contributed by atoms with E-state index in [-0.39, 0.29) is 11.5 Å². The number of halogens is 1. The van der Waals surface area contributed by atoms with Gasteiger partial charge in [-0.05, 0) is 50.6 Å². The van der Waals surface area contributed by atoms with Crippen LogP contribution >= 0.6 is 11.6 Å². The molecule has 0 spiro atoms. The third kappa shape index (κ3) is 3.30. The van der Waals surface area contributed by atoms with Crippen molar-refractivity contribution in [1.29, 1.82) is 0 Å². The van der Waals surface area contributed by atoms with Gasteiger partial charge in [0.2, 0.25) is 0 Å². The molecule has 0 aliphatic heterocycles. The number of pyridine rings is 1. The zero-order chi connectivity index (χ0) is 19.0. The normalized spacial score (nSPS) is 10.8. The Bertz CT molecular complexity index is 1060. The molecule has 2 aromatic heterocycles. The molecule has 3 aromatic rings. The van der Waals surface area contributed by atoms with Crippen molar-refractivity contribution < 1.29 is 4.79 Å². The van der Waals surface area contributed by atoms with Gasteiger partial charge in [0.15, 0.2) is 0 Å². The smallest absolute Gasteiger partial charge is 0.257 e. The van der Waals surface area contributed by atoms with E-state index in [0.29, 0.717) is 16.3 Å². The number of aryl methyl sites for hydroxylation is 3. The minimum atomic E-state index is -0.215. The second kappa shape index (κ2) is 6.84. The van der Waals surface area contributed by atoms with E-state index >= 15 is 0 Å². The molecule has 26 heavy (non-hydrogen) atoms. The predicted octanol–water partition coefficient (Wildman–Crippen LogP) is 4.01. The fourth-order valence-corrected chi connectivity index (χ4v) is 3.23. The van der Waals surface area contributed by atoms with Gasteiger partial charge >= 0.3 is 0 Å². The van der Waals surface area contributed by atoms with Crippen LogP contribution < -0.4 is 10.9 Å². The van der Waals surface area contributed by atoms with Gasteiger partial charge in [0.25, 0.3) is 11.5 Å². The summed E-state index contributed by atoms with van der Waals surface area (Å²) in [6, 6.07) is 10.9. The lowest BCUT2D eigenvalue weighted by molar-refractivity contribution is 0.102. The summed E-state index contributed by atoms with van der Waals surface area (Å²) in [7, 11) is 1.66. The first-order chi connectivity index (χ1) is 12.3. The Morgan fingerprint density at radius 3 is 2.54 bits per heavy atom. The molecule has 3 rings (SSSR count). The Labute approximate surface area is 156 Å². The predicted molar refractivity (Wildman–Crippen MR) is 105 cm³/mol. The van der Waals surface area contributed by atoms with Gasteiger partial charge in [0, 0.05) is 41.4 Å². The molecule has 5 nitrogen and oxygen atoms in total. The van der Waals surface area contributed by atoms with E-state index in [9.17, 15) is 9.59 Å². The van der Waals surface area contributed by atoms with Gasteiger partial charge < -0.3 is 14.5 Å². The summed E-state index contributed by atoms with van der Waals surface area (Å²) in [6.45, 7) is 5.64. The monoisotopic (exact) mass is 369 g/mol. The molecule has 0 bridgehead atoms. The highest BCUT2D eigenvalue weighted by molar-refractivity contribution is 6.30. The molecule has 6 heteroatoms. The molecule has 1 amide bonds. The second-order valence-electron chi connectivity index (χ2n) is 6.37. The number of amides is 1. The molecule has 0 unspecified atom stereocenters. The van der Waals surface area contributed by atoms with Crippen molar-refractivity contribution in [2.24, 2.45) is 7.05 Å². The van der Waals surface area contributed by atoms with E-state index in [2.05, 4.69) is 5.32 Å². The first-order valence-corrected chi connectivity index (χ1v) is 8.59. The van der Waals surface area contributed by atoms with Crippen molar-refractivity contribution in [1.82, 2.24) is 9.13 Å². The number of hydrogen-bond donors (Lipinski definition) is 1. The van der Waals surface area contributed by atoms with Crippen molar-refractivity contribution in [2.75, 3.05) is 5.32 Å². The standard InChI is InChI=1S/C20H20ClN3O2/c1-12-8-19(25)23(4)11-18(12)22-20(26)17-9-13(2)24(14(17)3)16-7-5-6-15(21)10-16/h5-11H,1-4H3,(H,22,26). The molecule has 0 fully saturated rings. The number of nitrogens with one attached hydrogen (secondary N) is 1. The molecule has 0 saturated heterocycles. The van der Waals surface area contributed by atoms with Crippen LogP contribution in [-0.2, 0) is 7.05 Å². The van der Waals surface area contributed by atoms with Crippen molar-refractivity contribution in [3.05, 3.63) is 80.5 Å². The maximum absolute atomic E-state index is 12.8. The van der Waals surface area contributed by atoms with E-state index in [1.807, 2.05) is 48.7 Å². The fourth-order valence-electron chi connectivity index (χ4n) is 3.05. The zero-order valence-electron chi connectivity index (χ0n) is 15.1. The van der Waals surface area contributed by atoms with Gasteiger partial charge in [-0.15, -0.1) is 0 Å². The molecular weight excluding hydrogens is 350 g/mol. The summed E-state index contributed by atoms with van der Waals surface area (Å²) in [5.41, 5.74) is 4.48. The number of anilines is 1. The summed E-state index contributed by atoms with van der Waals surface area (Å²) in [5.74, 6) is -0.215. The topological polar surface area (TPSA) is 56.0 Å². The summed E-state index contributed by atoms with van der Waals surface area (Å²) in [6.07, 6.45) is 1.63. The Morgan fingerprint density at radius 1 is 1.12 bits per heavy atom. The Kier molecular flexibility index (Phi) is 4.74. The Morgan fingerprint density at radius 2 is 1.85 bits per heavy atom. The van der Waals surface area contributed by atoms with E-state index in [1.54, 1.807) is 20.2 Å². The number of aromatic nitrogens is 2. The fraction of sp³-hybridized carbons (Fsp3) is 0.200. The van der Waals surface area contributed by atoms with E-state index < -0.39 is 0 Å². The van der Waals surface area contributed by atoms with E-state index in [0.717, 1.165) is 22.6 Å². The minimum Gasteiger partial charge on any atom is -0.320 e. The molecule has 0 radical (unpaired) electrons. The molecule has 0 aliphatic rings. The van der Waals surface area contributed by atoms with Crippen LogP contribution in [0.25, 0.3) is 5.69 Å². The third-order valence-electron chi connectivity index (χ3n) is 4.43. The molecule has 0 aliphatic carbocycles. The quantitative estimate of drug-likeness (QED) is 0.758. The number of nitrogens with zero attached hydrogens (tertiary/aromatic N) is 2. The lowest BCUT2D eigenvalue weighted by atomic mass is 10.2. The maximum atomic E-state index is 12.8. The van der Waals surface area contributed by atoms with Crippen LogP contribution in [0.15, 0.2) is 47.4 Å². The number of carbonyl (C=O) groups is 1. The van der Waals surface area contributed by atoms with Gasteiger partial charge in [-0.1, -0.05) is 17.7 Å². The molecule has 0 saturated carbocycles. The average molecular weight is 370 g/mol. The van der Waals surface area contributed by atoms with E-state index in [1.165, 1.54) is 10.6 Å². The van der Waals surface area contributed by atoms with Crippen LogP contribution in [0.5, 0.6) is 0 Å². The highest BCUT2D eigenvalue weighted by atomic mass is 35.5. The van der Waals surface area contributed by atoms with Gasteiger partial charge in [0.1, 0.15) is 0 Å². The van der Waals surface area contributed by atoms with Crippen LogP contribution in [0.3, 0.4) is 0 Å². The van der Waals surface area contributed by atoms with E-state index in [4.69, 9.17) is 11.6 Å². The maximum Gasteiger partial charge on any atom is 0.257 e. The molecule has 1 aromatic carbocycles. The molecule has 1 N–H and O–H groups in total. The van der Waals surface area contributed by atoms with Crippen LogP contribution in [0, 0.1) is 20.8 Å². The van der Waals surface area contributed by atoms with Crippen LogP contribution in [0.2, 0.25) is 5.02 Å². The van der Waals surface area contributed by atoms with Crippen molar-refractivity contribution in [3.63, 3.8) is 0 Å². The number of hydrogen-bond acceptors (Lipinski definition) is 2. The lowest BCUT2D eigenvalue weighted by Crippen LogP contribution is -2.20. The van der Waals surface area contributed by atoms with Gasteiger partial charge in [0.05, 0.1) is 11.3 Å². The highest BCUT2D eigenvalue weighted by Crippen LogP contribution is 2.24. The van der Waals surface area contributed by atoms with Crippen LogP contribution in [0.4, 0.5) is 5.69 Å². The summed E-state index contributed by atoms with van der Waals surface area (Å²) < 4.78 is 3.44. The van der Waals surface area contributed by atoms with Gasteiger partial charge in [-0.3, -0.25) is 9.59 Å². The number of carbonyl (C=O) groups excluding carboxylic acids is 1. The summed E-state index contributed by atoms with van der Waals surface area (Å²) in [4.78, 5) is 24.5. The Hall–Kier alpha value is -2.79. The Balaban J connectivity index is 1.98. The van der Waals surface area contributed by atoms with Crippen LogP contribution in [0.1, 0.15) is 27.3 Å². The molecule has 134 valence electrons. The highest BCUT2D eigenvalue weighted by Gasteiger charge is 2.18. The largest absolute Gasteiger partial charge is 0.320 e. The number of rotatable bonds is 3. The molecule has 2 heterocycles. The first-order valence-electron chi connectivity index (χ1n) is 8.21. The third-order valence-corrected chi connectivity index (χ3v) is 4.66. The summed E-state index contributed by atoms with van der Waals surface area (Å²) >= 11 is 6.10. The average Bonchev–Trinajstić information content (AvgIpc) is 2.87. The first kappa shape index (κ1) is 18.0. The van der Waals surface area contributed by atoms with Crippen molar-refractivity contribution in [3.8, 4) is 5.69 Å².